The zero-order chi connectivity index (χ0) is 12.8. The first-order valence-electron chi connectivity index (χ1n) is 6.18. The van der Waals surface area contributed by atoms with Crippen LogP contribution in [0.5, 0.6) is 0 Å². The average molecular weight is 233 g/mol. The topological polar surface area (TPSA) is 75.9 Å². The van der Waals surface area contributed by atoms with E-state index in [1.807, 2.05) is 0 Å². The second-order valence-corrected chi connectivity index (χ2v) is 4.82. The monoisotopic (exact) mass is 233 g/mol. The van der Waals surface area contributed by atoms with Crippen molar-refractivity contribution in [2.75, 3.05) is 0 Å². The largest absolute Gasteiger partial charge is 0.388 e. The molecule has 0 aliphatic heterocycles. The summed E-state index contributed by atoms with van der Waals surface area (Å²) in [6, 6.07) is 6.58. The quantitative estimate of drug-likeness (QED) is 0.521. The van der Waals surface area contributed by atoms with Gasteiger partial charge >= 0.3 is 0 Å². The van der Waals surface area contributed by atoms with E-state index in [9.17, 15) is 0 Å². The van der Waals surface area contributed by atoms with Crippen molar-refractivity contribution in [3.63, 3.8) is 0 Å². The lowest BCUT2D eigenvalue weighted by Crippen LogP contribution is -2.09. The molecule has 0 amide bonds. The second-order valence-electron chi connectivity index (χ2n) is 4.82. The smallest absolute Gasteiger partial charge is 0.0905 e. The van der Waals surface area contributed by atoms with Crippen molar-refractivity contribution in [1.29, 1.82) is 5.41 Å². The van der Waals surface area contributed by atoms with Crippen molar-refractivity contribution < 1.29 is 0 Å². The Labute approximate surface area is 104 Å². The predicted molar refractivity (Wildman–Crippen MR) is 73.3 cm³/mol. The number of rotatable bonds is 6. The molecular weight excluding hydrogens is 210 g/mol. The van der Waals surface area contributed by atoms with E-state index in [0.717, 1.165) is 12.8 Å². The first-order valence-corrected chi connectivity index (χ1v) is 6.18. The number of hydrogen-bond acceptors (Lipinski definition) is 2. The van der Waals surface area contributed by atoms with Gasteiger partial charge in [0.15, 0.2) is 0 Å². The molecule has 1 aromatic carbocycles. The lowest BCUT2D eigenvalue weighted by molar-refractivity contribution is 0.830. The summed E-state index contributed by atoms with van der Waals surface area (Å²) in [5.74, 6) is 0.789. The van der Waals surface area contributed by atoms with Gasteiger partial charge in [-0.15, -0.1) is 0 Å². The fraction of sp³-hybridized carbons (Fsp3) is 0.500. The van der Waals surface area contributed by atoms with Crippen LogP contribution in [0.2, 0.25) is 0 Å². The Balaban J connectivity index is 2.76. The molecule has 0 atom stereocenters. The zero-order valence-electron chi connectivity index (χ0n) is 10.8. The highest BCUT2D eigenvalue weighted by atomic mass is 14.7. The molecule has 0 spiro atoms. The summed E-state index contributed by atoms with van der Waals surface area (Å²) < 4.78 is 0. The van der Waals surface area contributed by atoms with Crippen LogP contribution >= 0.6 is 0 Å². The predicted octanol–water partition coefficient (Wildman–Crippen LogP) is 2.53. The van der Waals surface area contributed by atoms with E-state index < -0.39 is 0 Å². The third-order valence-electron chi connectivity index (χ3n) is 2.89. The minimum atomic E-state index is 0.268. The molecule has 1 aromatic rings. The lowest BCUT2D eigenvalue weighted by Gasteiger charge is -2.11. The van der Waals surface area contributed by atoms with E-state index in [1.165, 1.54) is 16.7 Å². The van der Waals surface area contributed by atoms with Crippen LogP contribution in [-0.4, -0.2) is 5.84 Å². The first kappa shape index (κ1) is 13.7. The summed E-state index contributed by atoms with van der Waals surface area (Å²) in [5, 5.41) is 7.21. The Kier molecular flexibility index (Phi) is 5.16. The maximum absolute atomic E-state index is 7.21. The molecule has 1 rings (SSSR count). The summed E-state index contributed by atoms with van der Waals surface area (Å²) in [6.07, 6.45) is 2.57. The van der Waals surface area contributed by atoms with Gasteiger partial charge in [-0.05, 0) is 35.4 Å². The minimum absolute atomic E-state index is 0.268. The first-order chi connectivity index (χ1) is 8.02. The molecule has 0 aliphatic rings. The molecule has 0 aromatic heterocycles. The number of benzene rings is 1. The number of hydrogen-bond donors (Lipinski definition) is 3. The number of nitrogens with two attached hydrogens (primary N) is 2. The molecule has 17 heavy (non-hydrogen) atoms. The van der Waals surface area contributed by atoms with E-state index in [2.05, 4.69) is 32.0 Å². The third-order valence-corrected chi connectivity index (χ3v) is 2.89. The van der Waals surface area contributed by atoms with Crippen molar-refractivity contribution in [2.45, 2.75) is 45.6 Å². The van der Waals surface area contributed by atoms with Crippen molar-refractivity contribution in [1.82, 2.24) is 0 Å². The zero-order valence-corrected chi connectivity index (χ0v) is 10.8. The Morgan fingerprint density at radius 3 is 2.41 bits per heavy atom. The lowest BCUT2D eigenvalue weighted by atomic mass is 9.95. The molecule has 5 N–H and O–H groups in total. The molecule has 94 valence electrons. The van der Waals surface area contributed by atoms with E-state index in [0.29, 0.717) is 18.9 Å². The second kappa shape index (κ2) is 6.40. The fourth-order valence-electron chi connectivity index (χ4n) is 1.87. The number of nitrogens with one attached hydrogen (secondary N) is 1. The molecule has 0 saturated carbocycles. The van der Waals surface area contributed by atoms with Gasteiger partial charge in [0, 0.05) is 13.0 Å². The SMILES string of the molecule is CC(C)c1cc(CN)cc(CCCC(=N)N)c1. The Morgan fingerprint density at radius 1 is 1.24 bits per heavy atom. The highest BCUT2D eigenvalue weighted by Crippen LogP contribution is 2.19. The van der Waals surface area contributed by atoms with E-state index in [-0.39, 0.29) is 5.84 Å². The van der Waals surface area contributed by atoms with Crippen LogP contribution in [0, 0.1) is 5.41 Å². The summed E-state index contributed by atoms with van der Waals surface area (Å²) in [6.45, 7) is 4.96. The summed E-state index contributed by atoms with van der Waals surface area (Å²) >= 11 is 0. The highest BCUT2D eigenvalue weighted by molar-refractivity contribution is 5.76. The van der Waals surface area contributed by atoms with Crippen LogP contribution in [0.4, 0.5) is 0 Å². The van der Waals surface area contributed by atoms with Crippen molar-refractivity contribution in [3.05, 3.63) is 34.9 Å². The normalized spacial score (nSPS) is 10.8. The summed E-state index contributed by atoms with van der Waals surface area (Å²) in [5.41, 5.74) is 14.9. The minimum Gasteiger partial charge on any atom is -0.388 e. The van der Waals surface area contributed by atoms with Gasteiger partial charge in [-0.3, -0.25) is 5.41 Å². The number of amidine groups is 1. The average Bonchev–Trinajstić information content (AvgIpc) is 2.28. The van der Waals surface area contributed by atoms with Crippen molar-refractivity contribution >= 4 is 5.84 Å². The van der Waals surface area contributed by atoms with E-state index in [4.69, 9.17) is 16.9 Å². The van der Waals surface area contributed by atoms with Crippen LogP contribution in [0.15, 0.2) is 18.2 Å². The van der Waals surface area contributed by atoms with Crippen LogP contribution in [-0.2, 0) is 13.0 Å². The van der Waals surface area contributed by atoms with Gasteiger partial charge in [0.25, 0.3) is 0 Å². The van der Waals surface area contributed by atoms with Gasteiger partial charge in [0.1, 0.15) is 0 Å². The maximum Gasteiger partial charge on any atom is 0.0905 e. The van der Waals surface area contributed by atoms with Crippen LogP contribution in [0.25, 0.3) is 0 Å². The Hall–Kier alpha value is -1.35. The van der Waals surface area contributed by atoms with Crippen molar-refractivity contribution in [3.8, 4) is 0 Å². The third kappa shape index (κ3) is 4.57. The maximum atomic E-state index is 7.21. The standard InChI is InChI=1S/C14H23N3/c1-10(2)13-7-11(4-3-5-14(16)17)6-12(8-13)9-15/h6-8,10H,3-5,9,15H2,1-2H3,(H3,16,17). The summed E-state index contributed by atoms with van der Waals surface area (Å²) in [4.78, 5) is 0. The molecule has 0 bridgehead atoms. The summed E-state index contributed by atoms with van der Waals surface area (Å²) in [7, 11) is 0. The molecule has 0 fully saturated rings. The van der Waals surface area contributed by atoms with Gasteiger partial charge in [0.05, 0.1) is 5.84 Å². The van der Waals surface area contributed by atoms with Gasteiger partial charge in [0.2, 0.25) is 0 Å². The molecule has 3 heteroatoms. The Bertz CT molecular complexity index is 383. The molecule has 0 radical (unpaired) electrons. The van der Waals surface area contributed by atoms with Crippen LogP contribution in [0.1, 0.15) is 49.3 Å². The highest BCUT2D eigenvalue weighted by Gasteiger charge is 2.04. The van der Waals surface area contributed by atoms with Gasteiger partial charge < -0.3 is 11.5 Å². The fourth-order valence-corrected chi connectivity index (χ4v) is 1.87. The molecule has 0 unspecified atom stereocenters. The van der Waals surface area contributed by atoms with Gasteiger partial charge in [-0.25, -0.2) is 0 Å². The van der Waals surface area contributed by atoms with Crippen LogP contribution < -0.4 is 11.5 Å². The van der Waals surface area contributed by atoms with Crippen LogP contribution in [0.3, 0.4) is 0 Å². The Morgan fingerprint density at radius 2 is 1.88 bits per heavy atom. The van der Waals surface area contributed by atoms with Crippen molar-refractivity contribution in [2.24, 2.45) is 11.5 Å². The molecule has 0 aliphatic carbocycles. The molecule has 0 heterocycles. The van der Waals surface area contributed by atoms with E-state index >= 15 is 0 Å². The number of aryl methyl sites for hydroxylation is 1. The molecular formula is C14H23N3. The van der Waals surface area contributed by atoms with Gasteiger partial charge in [-0.2, -0.15) is 0 Å². The van der Waals surface area contributed by atoms with Gasteiger partial charge in [-0.1, -0.05) is 32.0 Å². The van der Waals surface area contributed by atoms with E-state index in [1.54, 1.807) is 0 Å². The molecule has 0 saturated heterocycles. The molecule has 3 nitrogen and oxygen atoms in total.